The number of nitrogens with zero attached hydrogens (tertiary/aromatic N) is 4. The molecular weight excluding hydrogens is 462 g/mol. The van der Waals surface area contributed by atoms with E-state index in [1.807, 2.05) is 33.0 Å². The zero-order valence-corrected chi connectivity index (χ0v) is 20.8. The molecule has 1 N–H and O–H groups in total. The Morgan fingerprint density at radius 3 is 2.86 bits per heavy atom. The van der Waals surface area contributed by atoms with Gasteiger partial charge in [-0.2, -0.15) is 0 Å². The summed E-state index contributed by atoms with van der Waals surface area (Å²) in [4.78, 5) is 13.5. The lowest BCUT2D eigenvalue weighted by Crippen LogP contribution is -2.32. The van der Waals surface area contributed by atoms with Gasteiger partial charge in [-0.3, -0.25) is 0 Å². The van der Waals surface area contributed by atoms with E-state index in [2.05, 4.69) is 50.3 Å². The Balaban J connectivity index is 1.21. The normalized spacial score (nSPS) is 30.5. The average molecular weight is 490 g/mol. The Kier molecular flexibility index (Phi) is 4.54. The average Bonchev–Trinajstić information content (AvgIpc) is 3.10. The van der Waals surface area contributed by atoms with Crippen LogP contribution >= 0.6 is 11.6 Å². The molecule has 1 aromatic carbocycles. The monoisotopic (exact) mass is 489 g/mol. The van der Waals surface area contributed by atoms with E-state index in [1.54, 1.807) is 0 Å². The summed E-state index contributed by atoms with van der Waals surface area (Å²) in [6, 6.07) is 12.9. The van der Waals surface area contributed by atoms with Gasteiger partial charge < -0.3 is 19.4 Å². The van der Waals surface area contributed by atoms with E-state index < -0.39 is 5.79 Å². The molecule has 1 saturated heterocycles. The molecule has 4 heterocycles. The minimum absolute atomic E-state index is 0.00968. The smallest absolute Gasteiger partial charge is 0.163 e. The molecule has 7 nitrogen and oxygen atoms in total. The van der Waals surface area contributed by atoms with Crippen LogP contribution in [0.5, 0.6) is 0 Å². The van der Waals surface area contributed by atoms with E-state index in [4.69, 9.17) is 26.1 Å². The molecule has 3 fully saturated rings. The second kappa shape index (κ2) is 7.38. The number of ether oxygens (including phenoxy) is 2. The molecule has 2 saturated carbocycles. The van der Waals surface area contributed by atoms with Crippen molar-refractivity contribution in [3.63, 3.8) is 0 Å². The summed E-state index contributed by atoms with van der Waals surface area (Å²) in [5.41, 5.74) is 3.30. The molecule has 7 rings (SSSR count). The second-order valence-corrected chi connectivity index (χ2v) is 11.0. The highest BCUT2D eigenvalue weighted by Crippen LogP contribution is 2.73. The van der Waals surface area contributed by atoms with Crippen molar-refractivity contribution in [2.45, 2.75) is 57.1 Å². The fraction of sp³-hybridized carbons (Fsp3) is 0.444. The van der Waals surface area contributed by atoms with Gasteiger partial charge in [-0.1, -0.05) is 23.7 Å². The molecular formula is C27H28ClN5O2. The standard InChI is InChI=1S/C27H28ClN5O2/c1-26(2)34-22-21(33-11-9-17-24(28)30-14-31-25(17)33)18-13-27(18,23(22)35-26)10-8-15-4-5-16-6-7-20(29-3)32-19(16)12-15/h4-7,9,11-12,14,18,21-23H,8,10,13H2,1-3H3,(H,29,32)/t18-,21-,22+,23+,27?/m1/s1. The van der Waals surface area contributed by atoms with E-state index in [0.29, 0.717) is 11.1 Å². The van der Waals surface area contributed by atoms with Crippen molar-refractivity contribution in [2.24, 2.45) is 11.3 Å². The molecule has 5 atom stereocenters. The number of fused-ring (bicyclic) bond motifs is 5. The highest BCUT2D eigenvalue weighted by atomic mass is 35.5. The van der Waals surface area contributed by atoms with E-state index in [9.17, 15) is 0 Å². The molecule has 0 radical (unpaired) electrons. The fourth-order valence-electron chi connectivity index (χ4n) is 6.65. The number of pyridine rings is 1. The molecule has 35 heavy (non-hydrogen) atoms. The summed E-state index contributed by atoms with van der Waals surface area (Å²) in [7, 11) is 1.90. The summed E-state index contributed by atoms with van der Waals surface area (Å²) in [5.74, 6) is 0.770. The number of rotatable bonds is 5. The van der Waals surface area contributed by atoms with Crippen molar-refractivity contribution in [3.05, 3.63) is 59.6 Å². The number of aromatic nitrogens is 4. The Morgan fingerprint density at radius 2 is 2.00 bits per heavy atom. The van der Waals surface area contributed by atoms with Crippen molar-refractivity contribution in [1.29, 1.82) is 0 Å². The molecule has 8 heteroatoms. The van der Waals surface area contributed by atoms with E-state index >= 15 is 0 Å². The maximum atomic E-state index is 6.57. The Labute approximate surface area is 208 Å². The molecule has 0 bridgehead atoms. The van der Waals surface area contributed by atoms with Gasteiger partial charge in [-0.05, 0) is 68.9 Å². The predicted octanol–water partition coefficient (Wildman–Crippen LogP) is 5.39. The van der Waals surface area contributed by atoms with Crippen LogP contribution in [0.3, 0.4) is 0 Å². The first-order chi connectivity index (χ1) is 16.9. The highest BCUT2D eigenvalue weighted by molar-refractivity contribution is 6.33. The fourth-order valence-corrected chi connectivity index (χ4v) is 6.84. The summed E-state index contributed by atoms with van der Waals surface area (Å²) in [5, 5.41) is 5.66. The zero-order chi connectivity index (χ0) is 23.9. The first-order valence-corrected chi connectivity index (χ1v) is 12.7. The first-order valence-electron chi connectivity index (χ1n) is 12.3. The molecule has 1 unspecified atom stereocenters. The van der Waals surface area contributed by atoms with Crippen LogP contribution < -0.4 is 5.32 Å². The third kappa shape index (κ3) is 3.21. The Bertz CT molecular complexity index is 1470. The number of anilines is 1. The summed E-state index contributed by atoms with van der Waals surface area (Å²) < 4.78 is 15.3. The SMILES string of the molecule is CNc1ccc2ccc(CCC34C[C@@H]3[C@@H](n3ccc5c(Cl)ncnc53)[C@@H]3OC(C)(C)O[C@@H]34)cc2n1. The Hall–Kier alpha value is -2.74. The van der Waals surface area contributed by atoms with Gasteiger partial charge in [-0.15, -0.1) is 0 Å². The van der Waals surface area contributed by atoms with Crippen LogP contribution in [0.4, 0.5) is 5.82 Å². The minimum atomic E-state index is -0.597. The van der Waals surface area contributed by atoms with Crippen molar-refractivity contribution in [2.75, 3.05) is 12.4 Å². The molecule has 180 valence electrons. The maximum absolute atomic E-state index is 6.57. The first kappa shape index (κ1) is 21.5. The van der Waals surface area contributed by atoms with Crippen molar-refractivity contribution < 1.29 is 9.47 Å². The maximum Gasteiger partial charge on any atom is 0.163 e. The lowest BCUT2D eigenvalue weighted by atomic mass is 9.91. The number of aryl methyl sites for hydroxylation is 1. The predicted molar refractivity (Wildman–Crippen MR) is 136 cm³/mol. The van der Waals surface area contributed by atoms with Crippen LogP contribution in [0.2, 0.25) is 5.15 Å². The Morgan fingerprint density at radius 1 is 1.14 bits per heavy atom. The summed E-state index contributed by atoms with van der Waals surface area (Å²) in [6.45, 7) is 4.04. The number of hydrogen-bond donors (Lipinski definition) is 1. The molecule has 1 aliphatic heterocycles. The van der Waals surface area contributed by atoms with Crippen molar-refractivity contribution in [1.82, 2.24) is 19.5 Å². The van der Waals surface area contributed by atoms with E-state index in [-0.39, 0.29) is 23.7 Å². The van der Waals surface area contributed by atoms with Crippen LogP contribution in [0.1, 0.15) is 38.3 Å². The summed E-state index contributed by atoms with van der Waals surface area (Å²) >= 11 is 6.36. The van der Waals surface area contributed by atoms with Crippen molar-refractivity contribution >= 4 is 39.4 Å². The second-order valence-electron chi connectivity index (χ2n) is 10.7. The van der Waals surface area contributed by atoms with Crippen molar-refractivity contribution in [3.8, 4) is 0 Å². The third-order valence-electron chi connectivity index (χ3n) is 8.30. The number of halogens is 1. The molecule has 3 aliphatic rings. The molecule has 0 spiro atoms. The molecule has 3 aromatic heterocycles. The summed E-state index contributed by atoms with van der Waals surface area (Å²) in [6.07, 6.45) is 6.86. The zero-order valence-electron chi connectivity index (χ0n) is 20.0. The van der Waals surface area contributed by atoms with Crippen LogP contribution in [-0.4, -0.2) is 44.6 Å². The largest absolute Gasteiger partial charge is 0.373 e. The third-order valence-corrected chi connectivity index (χ3v) is 8.60. The van der Waals surface area contributed by atoms with Gasteiger partial charge in [0.25, 0.3) is 0 Å². The lowest BCUT2D eigenvalue weighted by molar-refractivity contribution is -0.161. The van der Waals surface area contributed by atoms with Crippen LogP contribution in [-0.2, 0) is 15.9 Å². The lowest BCUT2D eigenvalue weighted by Gasteiger charge is -2.24. The minimum Gasteiger partial charge on any atom is -0.373 e. The molecule has 4 aromatic rings. The van der Waals surface area contributed by atoms with Crippen LogP contribution in [0, 0.1) is 11.3 Å². The number of nitrogens with one attached hydrogen (secondary N) is 1. The molecule has 0 amide bonds. The molecule has 2 aliphatic carbocycles. The van der Waals surface area contributed by atoms with Gasteiger partial charge in [0, 0.05) is 24.0 Å². The van der Waals surface area contributed by atoms with Gasteiger partial charge in [0.15, 0.2) is 5.79 Å². The van der Waals surface area contributed by atoms with E-state index in [0.717, 1.165) is 47.0 Å². The van der Waals surface area contributed by atoms with Gasteiger partial charge in [0.2, 0.25) is 0 Å². The van der Waals surface area contributed by atoms with E-state index in [1.165, 1.54) is 11.9 Å². The van der Waals surface area contributed by atoms with Crippen LogP contribution in [0.15, 0.2) is 48.9 Å². The van der Waals surface area contributed by atoms with Gasteiger partial charge >= 0.3 is 0 Å². The number of benzene rings is 1. The van der Waals surface area contributed by atoms with Gasteiger partial charge in [0.1, 0.15) is 29.0 Å². The quantitative estimate of drug-likeness (QED) is 0.379. The van der Waals surface area contributed by atoms with Gasteiger partial charge in [-0.25, -0.2) is 15.0 Å². The van der Waals surface area contributed by atoms with Crippen LogP contribution in [0.25, 0.3) is 21.9 Å². The highest BCUT2D eigenvalue weighted by Gasteiger charge is 2.75. The number of hydrogen-bond acceptors (Lipinski definition) is 6. The van der Waals surface area contributed by atoms with Gasteiger partial charge in [0.05, 0.1) is 23.0 Å². The topological polar surface area (TPSA) is 74.1 Å².